The Hall–Kier alpha value is -3.23. The van der Waals surface area contributed by atoms with Crippen LogP contribution in [0.25, 0.3) is 0 Å². The number of hydrogen-bond acceptors (Lipinski definition) is 6. The Morgan fingerprint density at radius 2 is 1.93 bits per heavy atom. The Labute approximate surface area is 164 Å². The van der Waals surface area contributed by atoms with Crippen LogP contribution in [-0.4, -0.2) is 77.1 Å². The maximum Gasteiger partial charge on any atom is 0.414 e. The number of rotatable bonds is 5. The van der Waals surface area contributed by atoms with Crippen LogP contribution in [0, 0.1) is 0 Å². The molecule has 3 rings (SSSR count). The van der Waals surface area contributed by atoms with Crippen molar-refractivity contribution in [2.75, 3.05) is 20.7 Å². The highest BCUT2D eigenvalue weighted by atomic mass is 16.5. The number of fused-ring (bicyclic) bond motifs is 1. The van der Waals surface area contributed by atoms with Crippen LogP contribution in [-0.2, 0) is 4.79 Å². The van der Waals surface area contributed by atoms with Crippen LogP contribution < -0.4 is 10.2 Å². The highest BCUT2D eigenvalue weighted by Crippen LogP contribution is 2.20. The molecule has 0 spiro atoms. The number of likely N-dealkylation sites (N-methyl/N-ethyl adjacent to an activating group) is 2. The summed E-state index contributed by atoms with van der Waals surface area (Å²) in [4.78, 5) is 31.8. The number of hydrogen-bond donors (Lipinski definition) is 1. The van der Waals surface area contributed by atoms with Gasteiger partial charge in [-0.1, -0.05) is 4.99 Å². The number of guanidine groups is 1. The second-order valence-electron chi connectivity index (χ2n) is 6.81. The standard InChI is InChI=1S/C19H24N6O3/c1-6-28-14-9-7-13(8-10-14)11-20-22-18-21-16-15(25(18)12(2)3)17(26)24(5)19(27)23(16)4/h7-12,15H,6H2,1-5H3/p+1/b20-11+. The lowest BCUT2D eigenvalue weighted by Crippen LogP contribution is -2.62. The molecule has 0 radical (unpaired) electrons. The van der Waals surface area contributed by atoms with E-state index in [2.05, 4.69) is 15.5 Å². The quantitative estimate of drug-likeness (QED) is 0.467. The van der Waals surface area contributed by atoms with E-state index in [0.717, 1.165) is 16.2 Å². The van der Waals surface area contributed by atoms with Gasteiger partial charge in [0.05, 0.1) is 18.9 Å². The van der Waals surface area contributed by atoms with E-state index >= 15 is 0 Å². The van der Waals surface area contributed by atoms with Crippen LogP contribution in [0.3, 0.4) is 0 Å². The highest BCUT2D eigenvalue weighted by Gasteiger charge is 2.52. The summed E-state index contributed by atoms with van der Waals surface area (Å²) in [6, 6.07) is 6.47. The molecule has 1 fully saturated rings. The number of ether oxygens (including phenoxy) is 1. The number of carbonyl (C=O) groups excluding carboxylic acids is 2. The molecule has 0 aromatic heterocycles. The molecule has 1 aromatic carbocycles. The van der Waals surface area contributed by atoms with Gasteiger partial charge in [-0.15, -0.1) is 5.10 Å². The van der Waals surface area contributed by atoms with Gasteiger partial charge >= 0.3 is 12.0 Å². The van der Waals surface area contributed by atoms with Gasteiger partial charge < -0.3 is 4.74 Å². The summed E-state index contributed by atoms with van der Waals surface area (Å²) in [6.07, 6.45) is 1.66. The fraction of sp³-hybridized carbons (Fsp3) is 0.421. The van der Waals surface area contributed by atoms with Crippen molar-refractivity contribution in [1.82, 2.24) is 15.2 Å². The summed E-state index contributed by atoms with van der Waals surface area (Å²) in [6.45, 7) is 6.47. The van der Waals surface area contributed by atoms with Crippen LogP contribution >= 0.6 is 0 Å². The van der Waals surface area contributed by atoms with Gasteiger partial charge in [-0.3, -0.25) is 14.6 Å². The summed E-state index contributed by atoms with van der Waals surface area (Å²) in [5.74, 6) is 1.33. The highest BCUT2D eigenvalue weighted by molar-refractivity contribution is 6.22. The first-order valence-electron chi connectivity index (χ1n) is 9.16. The van der Waals surface area contributed by atoms with E-state index in [-0.39, 0.29) is 11.9 Å². The minimum absolute atomic E-state index is 0.0200. The molecule has 2 aliphatic rings. The number of amidine groups is 1. The minimum Gasteiger partial charge on any atom is -0.494 e. The van der Waals surface area contributed by atoms with Gasteiger partial charge in [-0.25, -0.2) is 9.37 Å². The number of nitrogens with zero attached hydrogens (tertiary/aromatic N) is 5. The second kappa shape index (κ2) is 7.79. The zero-order chi connectivity index (χ0) is 20.4. The molecule has 1 aromatic rings. The number of benzene rings is 1. The average Bonchev–Trinajstić information content (AvgIpc) is 3.06. The summed E-state index contributed by atoms with van der Waals surface area (Å²) in [7, 11) is 3.09. The van der Waals surface area contributed by atoms with E-state index in [4.69, 9.17) is 4.74 Å². The lowest BCUT2D eigenvalue weighted by Gasteiger charge is -2.32. The monoisotopic (exact) mass is 385 g/mol. The van der Waals surface area contributed by atoms with Crippen molar-refractivity contribution in [2.45, 2.75) is 32.9 Å². The first-order chi connectivity index (χ1) is 13.3. The Bertz CT molecular complexity index is 872. The maximum absolute atomic E-state index is 12.7. The third kappa shape index (κ3) is 3.47. The van der Waals surface area contributed by atoms with Crippen LogP contribution in [0.5, 0.6) is 5.75 Å². The van der Waals surface area contributed by atoms with Gasteiger partial charge in [0.1, 0.15) is 5.75 Å². The molecule has 3 amide bonds. The van der Waals surface area contributed by atoms with Gasteiger partial charge in [0.15, 0.2) is 0 Å². The van der Waals surface area contributed by atoms with Crippen LogP contribution in [0.15, 0.2) is 34.4 Å². The van der Waals surface area contributed by atoms with Crippen molar-refractivity contribution in [2.24, 2.45) is 10.1 Å². The SMILES string of the molecule is CCOc1ccc(/C=N/NC2=[N+](C(C)C)C3C(=O)N(C)C(=O)N(C)C3=N2)cc1. The number of carbonyl (C=O) groups is 2. The Kier molecular flexibility index (Phi) is 5.43. The number of imide groups is 1. The largest absolute Gasteiger partial charge is 0.494 e. The zero-order valence-corrected chi connectivity index (χ0v) is 16.7. The van der Waals surface area contributed by atoms with E-state index in [1.807, 2.05) is 49.6 Å². The summed E-state index contributed by atoms with van der Waals surface area (Å²) in [5, 5.41) is 4.25. The van der Waals surface area contributed by atoms with Crippen molar-refractivity contribution in [1.29, 1.82) is 0 Å². The lowest BCUT2D eigenvalue weighted by atomic mass is 10.1. The Morgan fingerprint density at radius 1 is 1.25 bits per heavy atom. The van der Waals surface area contributed by atoms with Crippen LogP contribution in [0.1, 0.15) is 26.3 Å². The first kappa shape index (κ1) is 19.5. The Morgan fingerprint density at radius 3 is 2.54 bits per heavy atom. The van der Waals surface area contributed by atoms with Crippen molar-refractivity contribution >= 4 is 29.9 Å². The number of hydrazone groups is 1. The van der Waals surface area contributed by atoms with Gasteiger partial charge in [-0.2, -0.15) is 5.43 Å². The Balaban J connectivity index is 1.83. The van der Waals surface area contributed by atoms with Crippen molar-refractivity contribution in [3.05, 3.63) is 29.8 Å². The third-order valence-electron chi connectivity index (χ3n) is 4.60. The predicted molar refractivity (Wildman–Crippen MR) is 106 cm³/mol. The van der Waals surface area contributed by atoms with Crippen molar-refractivity contribution in [3.8, 4) is 5.75 Å². The minimum atomic E-state index is -0.643. The summed E-state index contributed by atoms with van der Waals surface area (Å²) in [5.41, 5.74) is 3.80. The molecule has 28 heavy (non-hydrogen) atoms. The lowest BCUT2D eigenvalue weighted by molar-refractivity contribution is -0.567. The van der Waals surface area contributed by atoms with Gasteiger partial charge in [0, 0.05) is 14.1 Å². The molecule has 1 saturated heterocycles. The topological polar surface area (TPSA) is 89.6 Å². The molecular weight excluding hydrogens is 360 g/mol. The third-order valence-corrected chi connectivity index (χ3v) is 4.60. The average molecular weight is 385 g/mol. The zero-order valence-electron chi connectivity index (χ0n) is 16.7. The van der Waals surface area contributed by atoms with E-state index in [0.29, 0.717) is 18.4 Å². The van der Waals surface area contributed by atoms with Crippen LogP contribution in [0.4, 0.5) is 4.79 Å². The molecule has 9 nitrogen and oxygen atoms in total. The smallest absolute Gasteiger partial charge is 0.414 e. The first-order valence-corrected chi connectivity index (χ1v) is 9.16. The number of urea groups is 1. The fourth-order valence-electron chi connectivity index (χ4n) is 3.17. The van der Waals surface area contributed by atoms with E-state index in [1.165, 1.54) is 11.9 Å². The van der Waals surface area contributed by atoms with Crippen molar-refractivity contribution < 1.29 is 18.9 Å². The number of aliphatic imine (C=N–C) groups is 1. The van der Waals surface area contributed by atoms with Gasteiger partial charge in [0.2, 0.25) is 11.9 Å². The maximum atomic E-state index is 12.7. The van der Waals surface area contributed by atoms with Gasteiger partial charge in [-0.05, 0) is 50.6 Å². The molecule has 1 atom stereocenters. The van der Waals surface area contributed by atoms with E-state index in [1.54, 1.807) is 13.3 Å². The van der Waals surface area contributed by atoms with Crippen molar-refractivity contribution in [3.63, 3.8) is 0 Å². The normalized spacial score (nSPS) is 19.6. The molecule has 9 heteroatoms. The van der Waals surface area contributed by atoms with Gasteiger partial charge in [0.25, 0.3) is 5.91 Å². The molecule has 2 heterocycles. The van der Waals surface area contributed by atoms with E-state index < -0.39 is 12.1 Å². The molecule has 1 N–H and O–H groups in total. The van der Waals surface area contributed by atoms with E-state index in [9.17, 15) is 9.59 Å². The number of amides is 3. The second-order valence-corrected chi connectivity index (χ2v) is 6.81. The molecule has 0 aliphatic carbocycles. The molecular formula is C19H25N6O3+. The number of nitrogens with one attached hydrogen (secondary N) is 1. The molecule has 0 bridgehead atoms. The summed E-state index contributed by atoms with van der Waals surface area (Å²) < 4.78 is 7.25. The predicted octanol–water partition coefficient (Wildman–Crippen LogP) is 1.09. The summed E-state index contributed by atoms with van der Waals surface area (Å²) >= 11 is 0. The fourth-order valence-corrected chi connectivity index (χ4v) is 3.17. The molecule has 1 unspecified atom stereocenters. The molecule has 0 saturated carbocycles. The molecule has 148 valence electrons. The van der Waals surface area contributed by atoms with Crippen LogP contribution in [0.2, 0.25) is 0 Å². The molecule has 2 aliphatic heterocycles.